The molecule has 0 aliphatic carbocycles. The standard InChI is InChI=1S/C28H50N2O21/c1-8(36)29-15-19(42)18(41)12(5-33)46-26(15)50-25-14(7-35)48-28(22(45)21(25)44)51-24-13(6-34)47-27(16(20(24)43)30-9(2)37)49-23(11(39)4-32)17(40)10(38)3-31/h10-28,31-35,38-45H,3-7H2,1-2H3,(H,29,36)(H,30,37)/t10-,11+,12-,13-,14-,15-,16-,17+,18-,19-,20-,21-,22-,23-,24-,25+,26-,27+,28+/m1/s1. The molecule has 0 bridgehead atoms. The third-order valence-corrected chi connectivity index (χ3v) is 8.65. The average molecular weight is 751 g/mol. The molecule has 0 aromatic heterocycles. The molecule has 23 nitrogen and oxygen atoms in total. The van der Waals surface area contributed by atoms with E-state index in [2.05, 4.69) is 10.6 Å². The zero-order valence-electron chi connectivity index (χ0n) is 27.6. The van der Waals surface area contributed by atoms with Crippen molar-refractivity contribution in [1.82, 2.24) is 10.6 Å². The maximum absolute atomic E-state index is 12.1. The van der Waals surface area contributed by atoms with Crippen LogP contribution in [-0.4, -0.2) is 228 Å². The lowest BCUT2D eigenvalue weighted by molar-refractivity contribution is -0.371. The molecule has 3 heterocycles. The predicted octanol–water partition coefficient (Wildman–Crippen LogP) is -9.83. The number of aliphatic hydroxyl groups excluding tert-OH is 13. The molecular formula is C28H50N2O21. The van der Waals surface area contributed by atoms with Crippen LogP contribution in [-0.2, 0) is 38.0 Å². The van der Waals surface area contributed by atoms with Gasteiger partial charge in [-0.3, -0.25) is 9.59 Å². The van der Waals surface area contributed by atoms with Crippen LogP contribution in [0.15, 0.2) is 0 Å². The molecule has 3 rings (SSSR count). The van der Waals surface area contributed by atoms with Crippen molar-refractivity contribution in [3.8, 4) is 0 Å². The lowest BCUT2D eigenvalue weighted by Crippen LogP contribution is -2.69. The van der Waals surface area contributed by atoms with Gasteiger partial charge in [0.1, 0.15) is 97.5 Å². The maximum Gasteiger partial charge on any atom is 0.217 e. The van der Waals surface area contributed by atoms with Crippen molar-refractivity contribution in [3.05, 3.63) is 0 Å². The van der Waals surface area contributed by atoms with Crippen molar-refractivity contribution in [3.63, 3.8) is 0 Å². The van der Waals surface area contributed by atoms with Gasteiger partial charge in [-0.1, -0.05) is 0 Å². The maximum atomic E-state index is 12.1. The van der Waals surface area contributed by atoms with E-state index in [1.54, 1.807) is 0 Å². The summed E-state index contributed by atoms with van der Waals surface area (Å²) in [5.74, 6) is -1.46. The van der Waals surface area contributed by atoms with Crippen molar-refractivity contribution < 1.29 is 104 Å². The van der Waals surface area contributed by atoms with E-state index in [1.165, 1.54) is 0 Å². The van der Waals surface area contributed by atoms with Crippen LogP contribution in [0.3, 0.4) is 0 Å². The van der Waals surface area contributed by atoms with Crippen LogP contribution in [0, 0.1) is 0 Å². The molecule has 0 unspecified atom stereocenters. The zero-order valence-corrected chi connectivity index (χ0v) is 27.6. The Morgan fingerprint density at radius 1 is 0.588 bits per heavy atom. The van der Waals surface area contributed by atoms with Gasteiger partial charge in [0.2, 0.25) is 11.8 Å². The van der Waals surface area contributed by atoms with E-state index in [-0.39, 0.29) is 0 Å². The first kappa shape index (κ1) is 43.6. The molecule has 3 fully saturated rings. The fourth-order valence-electron chi connectivity index (χ4n) is 5.95. The first-order valence-electron chi connectivity index (χ1n) is 16.0. The lowest BCUT2D eigenvalue weighted by Gasteiger charge is -2.49. The Labute approximate surface area is 290 Å². The van der Waals surface area contributed by atoms with Gasteiger partial charge >= 0.3 is 0 Å². The van der Waals surface area contributed by atoms with Crippen molar-refractivity contribution in [1.29, 1.82) is 0 Å². The normalized spacial score (nSPS) is 41.3. The summed E-state index contributed by atoms with van der Waals surface area (Å²) in [7, 11) is 0. The molecule has 0 saturated carbocycles. The summed E-state index contributed by atoms with van der Waals surface area (Å²) < 4.78 is 33.8. The Morgan fingerprint density at radius 3 is 1.53 bits per heavy atom. The number of amides is 2. The highest BCUT2D eigenvalue weighted by Crippen LogP contribution is 2.33. The van der Waals surface area contributed by atoms with Gasteiger partial charge in [0.25, 0.3) is 0 Å². The summed E-state index contributed by atoms with van der Waals surface area (Å²) in [4.78, 5) is 23.9. The number of rotatable bonds is 16. The van der Waals surface area contributed by atoms with E-state index < -0.39 is 161 Å². The van der Waals surface area contributed by atoms with Crippen LogP contribution in [0.1, 0.15) is 13.8 Å². The molecule has 0 spiro atoms. The second kappa shape index (κ2) is 19.5. The summed E-state index contributed by atoms with van der Waals surface area (Å²) in [5, 5.41) is 138. The molecule has 3 aliphatic heterocycles. The predicted molar refractivity (Wildman–Crippen MR) is 159 cm³/mol. The number of aliphatic hydroxyl groups is 13. The molecular weight excluding hydrogens is 700 g/mol. The molecule has 0 aromatic carbocycles. The van der Waals surface area contributed by atoms with Gasteiger partial charge in [0.05, 0.1) is 33.0 Å². The molecule has 0 aromatic rings. The Morgan fingerprint density at radius 2 is 1.04 bits per heavy atom. The number of hydrogen-bond acceptors (Lipinski definition) is 21. The van der Waals surface area contributed by atoms with Crippen molar-refractivity contribution in [2.24, 2.45) is 0 Å². The zero-order chi connectivity index (χ0) is 38.3. The van der Waals surface area contributed by atoms with E-state index in [0.717, 1.165) is 13.8 Å². The van der Waals surface area contributed by atoms with Crippen LogP contribution >= 0.6 is 0 Å². The van der Waals surface area contributed by atoms with Crippen molar-refractivity contribution in [2.75, 3.05) is 33.0 Å². The van der Waals surface area contributed by atoms with E-state index in [0.29, 0.717) is 0 Å². The van der Waals surface area contributed by atoms with Gasteiger partial charge < -0.3 is 105 Å². The molecule has 23 heteroatoms. The van der Waals surface area contributed by atoms with Crippen LogP contribution in [0.5, 0.6) is 0 Å². The number of ether oxygens (including phenoxy) is 6. The average Bonchev–Trinajstić information content (AvgIpc) is 3.10. The van der Waals surface area contributed by atoms with Gasteiger partial charge in [-0.2, -0.15) is 0 Å². The number of carbonyl (C=O) groups is 2. The summed E-state index contributed by atoms with van der Waals surface area (Å²) in [6, 6.07) is -3.11. The minimum absolute atomic E-state index is 0.686. The second-order valence-corrected chi connectivity index (χ2v) is 12.4. The van der Waals surface area contributed by atoms with Crippen LogP contribution in [0.4, 0.5) is 0 Å². The molecule has 3 saturated heterocycles. The summed E-state index contributed by atoms with van der Waals surface area (Å²) in [5.41, 5.74) is 0. The molecule has 2 amide bonds. The first-order chi connectivity index (χ1) is 24.0. The highest BCUT2D eigenvalue weighted by molar-refractivity contribution is 5.73. The lowest BCUT2D eigenvalue weighted by atomic mass is 9.94. The van der Waals surface area contributed by atoms with E-state index >= 15 is 0 Å². The number of hydrogen-bond donors (Lipinski definition) is 15. The summed E-state index contributed by atoms with van der Waals surface area (Å²) >= 11 is 0. The van der Waals surface area contributed by atoms with Crippen LogP contribution < -0.4 is 10.6 Å². The SMILES string of the molecule is CC(=O)N[C@H]1[C@H](O[C@@H]([C@@H](O)[C@H](O)CO)[C@@H](O)CO)O[C@H](CO)[C@@H](O[C@@H]2O[C@H](CO)[C@H](O[C@H]3O[C@H](CO)[C@@H](O)[C@H](O)[C@H]3NC(C)=O)[C@H](O)[C@H]2O)[C@@H]1O. The number of carbonyl (C=O) groups excluding carboxylic acids is 2. The fraction of sp³-hybridized carbons (Fsp3) is 0.929. The summed E-state index contributed by atoms with van der Waals surface area (Å²) in [6.07, 6.45) is -30.5. The minimum atomic E-state index is -2.07. The number of nitrogens with one attached hydrogen (secondary N) is 2. The Bertz CT molecular complexity index is 1090. The quantitative estimate of drug-likeness (QED) is 0.0696. The molecule has 3 aliphatic rings. The monoisotopic (exact) mass is 750 g/mol. The van der Waals surface area contributed by atoms with Gasteiger partial charge in [-0.15, -0.1) is 0 Å². The molecule has 15 N–H and O–H groups in total. The largest absolute Gasteiger partial charge is 0.394 e. The highest BCUT2D eigenvalue weighted by atomic mass is 16.8. The third-order valence-electron chi connectivity index (χ3n) is 8.65. The molecule has 19 atom stereocenters. The minimum Gasteiger partial charge on any atom is -0.394 e. The smallest absolute Gasteiger partial charge is 0.217 e. The van der Waals surface area contributed by atoms with E-state index in [1.807, 2.05) is 0 Å². The van der Waals surface area contributed by atoms with Crippen molar-refractivity contribution >= 4 is 11.8 Å². The Kier molecular flexibility index (Phi) is 16.7. The van der Waals surface area contributed by atoms with Crippen LogP contribution in [0.25, 0.3) is 0 Å². The summed E-state index contributed by atoms with van der Waals surface area (Å²) in [6.45, 7) is -2.56. The van der Waals surface area contributed by atoms with Crippen molar-refractivity contribution in [2.45, 2.75) is 130 Å². The molecule has 0 radical (unpaired) electrons. The first-order valence-corrected chi connectivity index (χ1v) is 16.0. The topological polar surface area (TPSA) is 377 Å². The molecule has 298 valence electrons. The molecule has 51 heavy (non-hydrogen) atoms. The third kappa shape index (κ3) is 10.2. The second-order valence-electron chi connectivity index (χ2n) is 12.4. The van der Waals surface area contributed by atoms with Gasteiger partial charge in [0, 0.05) is 13.8 Å². The van der Waals surface area contributed by atoms with Gasteiger partial charge in [0.15, 0.2) is 18.9 Å². The fourth-order valence-corrected chi connectivity index (χ4v) is 5.95. The van der Waals surface area contributed by atoms with Gasteiger partial charge in [-0.05, 0) is 0 Å². The van der Waals surface area contributed by atoms with Crippen LogP contribution in [0.2, 0.25) is 0 Å². The van der Waals surface area contributed by atoms with E-state index in [9.17, 15) is 76.0 Å². The van der Waals surface area contributed by atoms with Gasteiger partial charge in [-0.25, -0.2) is 0 Å². The van der Waals surface area contributed by atoms with E-state index in [4.69, 9.17) is 28.4 Å². The Balaban J connectivity index is 1.84. The highest BCUT2D eigenvalue weighted by Gasteiger charge is 2.54. The Hall–Kier alpha value is -1.82.